The molecule has 0 saturated heterocycles. The third-order valence-electron chi connectivity index (χ3n) is 2.67. The Hall–Kier alpha value is -1.81. The van der Waals surface area contributed by atoms with Gasteiger partial charge in [-0.15, -0.1) is 6.58 Å². The van der Waals surface area contributed by atoms with Crippen LogP contribution in [0.5, 0.6) is 0 Å². The van der Waals surface area contributed by atoms with Crippen LogP contribution >= 0.6 is 0 Å². The van der Waals surface area contributed by atoms with Gasteiger partial charge in [-0.1, -0.05) is 36.4 Å². The molecule has 0 aliphatic rings. The molecule has 4 nitrogen and oxygen atoms in total. The van der Waals surface area contributed by atoms with Crippen molar-refractivity contribution in [3.63, 3.8) is 0 Å². The third kappa shape index (κ3) is 4.59. The minimum absolute atomic E-state index is 0.167. The zero-order valence-corrected chi connectivity index (χ0v) is 11.0. The quantitative estimate of drug-likeness (QED) is 0.753. The SMILES string of the molecule is C=CCNC(=O)NCC(c1ccccc1)N(C)C. The number of hydrogen-bond acceptors (Lipinski definition) is 2. The van der Waals surface area contributed by atoms with Crippen LogP contribution < -0.4 is 10.6 Å². The molecule has 0 radical (unpaired) electrons. The Bertz CT molecular complexity index is 376. The van der Waals surface area contributed by atoms with E-state index in [0.717, 1.165) is 0 Å². The fourth-order valence-corrected chi connectivity index (χ4v) is 1.69. The van der Waals surface area contributed by atoms with Crippen molar-refractivity contribution in [1.29, 1.82) is 0 Å². The summed E-state index contributed by atoms with van der Waals surface area (Å²) in [6, 6.07) is 10.1. The van der Waals surface area contributed by atoms with Crippen LogP contribution in [0, 0.1) is 0 Å². The molecule has 2 amide bonds. The van der Waals surface area contributed by atoms with Crippen LogP contribution in [0.1, 0.15) is 11.6 Å². The molecule has 1 rings (SSSR count). The molecule has 1 aromatic carbocycles. The zero-order chi connectivity index (χ0) is 13.4. The van der Waals surface area contributed by atoms with Gasteiger partial charge in [-0.3, -0.25) is 0 Å². The molecule has 98 valence electrons. The number of carbonyl (C=O) groups excluding carboxylic acids is 1. The first-order valence-corrected chi connectivity index (χ1v) is 5.99. The lowest BCUT2D eigenvalue weighted by Gasteiger charge is -2.25. The molecule has 0 bridgehead atoms. The van der Waals surface area contributed by atoms with Crippen molar-refractivity contribution in [2.24, 2.45) is 0 Å². The highest BCUT2D eigenvalue weighted by molar-refractivity contribution is 5.74. The van der Waals surface area contributed by atoms with E-state index in [1.54, 1.807) is 6.08 Å². The summed E-state index contributed by atoms with van der Waals surface area (Å²) < 4.78 is 0. The first-order valence-electron chi connectivity index (χ1n) is 5.99. The molecule has 1 unspecified atom stereocenters. The fourth-order valence-electron chi connectivity index (χ4n) is 1.69. The summed E-state index contributed by atoms with van der Waals surface area (Å²) in [4.78, 5) is 13.6. The molecular weight excluding hydrogens is 226 g/mol. The molecule has 0 aliphatic heterocycles. The van der Waals surface area contributed by atoms with Gasteiger partial charge in [0.2, 0.25) is 0 Å². The largest absolute Gasteiger partial charge is 0.336 e. The first-order chi connectivity index (χ1) is 8.65. The monoisotopic (exact) mass is 247 g/mol. The van der Waals surface area contributed by atoms with Gasteiger partial charge in [0.25, 0.3) is 0 Å². The minimum Gasteiger partial charge on any atom is -0.336 e. The van der Waals surface area contributed by atoms with E-state index >= 15 is 0 Å². The van der Waals surface area contributed by atoms with Crippen LogP contribution in [0.3, 0.4) is 0 Å². The van der Waals surface area contributed by atoms with Crippen molar-refractivity contribution in [2.75, 3.05) is 27.2 Å². The summed E-state index contributed by atoms with van der Waals surface area (Å²) >= 11 is 0. The van der Waals surface area contributed by atoms with Gasteiger partial charge in [-0.05, 0) is 19.7 Å². The zero-order valence-electron chi connectivity index (χ0n) is 11.0. The van der Waals surface area contributed by atoms with Gasteiger partial charge < -0.3 is 15.5 Å². The van der Waals surface area contributed by atoms with Gasteiger partial charge in [0.1, 0.15) is 0 Å². The molecule has 0 heterocycles. The van der Waals surface area contributed by atoms with Crippen LogP contribution in [-0.4, -0.2) is 38.1 Å². The smallest absolute Gasteiger partial charge is 0.315 e. The number of nitrogens with zero attached hydrogens (tertiary/aromatic N) is 1. The summed E-state index contributed by atoms with van der Waals surface area (Å²) in [6.07, 6.45) is 1.65. The normalized spacial score (nSPS) is 11.9. The van der Waals surface area contributed by atoms with E-state index in [2.05, 4.69) is 34.2 Å². The second-order valence-electron chi connectivity index (χ2n) is 4.27. The fraction of sp³-hybridized carbons (Fsp3) is 0.357. The van der Waals surface area contributed by atoms with Gasteiger partial charge in [-0.25, -0.2) is 4.79 Å². The van der Waals surface area contributed by atoms with E-state index < -0.39 is 0 Å². The topological polar surface area (TPSA) is 44.4 Å². The maximum absolute atomic E-state index is 11.5. The van der Waals surface area contributed by atoms with E-state index in [1.807, 2.05) is 32.3 Å². The van der Waals surface area contributed by atoms with Crippen LogP contribution in [0.15, 0.2) is 43.0 Å². The van der Waals surface area contributed by atoms with E-state index in [-0.39, 0.29) is 12.1 Å². The van der Waals surface area contributed by atoms with Crippen molar-refractivity contribution < 1.29 is 4.79 Å². The minimum atomic E-state index is -0.169. The van der Waals surface area contributed by atoms with Crippen molar-refractivity contribution in [3.05, 3.63) is 48.6 Å². The molecule has 2 N–H and O–H groups in total. The lowest BCUT2D eigenvalue weighted by molar-refractivity contribution is 0.233. The molecule has 0 aromatic heterocycles. The van der Waals surface area contributed by atoms with Gasteiger partial charge in [0.15, 0.2) is 0 Å². The Labute approximate surface area is 109 Å². The number of urea groups is 1. The lowest BCUT2D eigenvalue weighted by Crippen LogP contribution is -2.40. The van der Waals surface area contributed by atoms with Crippen molar-refractivity contribution >= 4 is 6.03 Å². The highest BCUT2D eigenvalue weighted by atomic mass is 16.2. The molecular formula is C14H21N3O. The molecule has 1 aromatic rings. The number of benzene rings is 1. The lowest BCUT2D eigenvalue weighted by atomic mass is 10.1. The predicted octanol–water partition coefficient (Wildman–Crippen LogP) is 1.77. The molecule has 0 aliphatic carbocycles. The third-order valence-corrected chi connectivity index (χ3v) is 2.67. The molecule has 1 atom stereocenters. The highest BCUT2D eigenvalue weighted by Crippen LogP contribution is 2.16. The number of hydrogen-bond donors (Lipinski definition) is 2. The van der Waals surface area contributed by atoms with Gasteiger partial charge in [0, 0.05) is 13.1 Å². The highest BCUT2D eigenvalue weighted by Gasteiger charge is 2.14. The van der Waals surface area contributed by atoms with Crippen LogP contribution in [-0.2, 0) is 0 Å². The van der Waals surface area contributed by atoms with E-state index in [0.29, 0.717) is 13.1 Å². The summed E-state index contributed by atoms with van der Waals surface area (Å²) in [5.74, 6) is 0. The number of amides is 2. The van der Waals surface area contributed by atoms with Crippen LogP contribution in [0.2, 0.25) is 0 Å². The average Bonchev–Trinajstić information content (AvgIpc) is 2.37. The summed E-state index contributed by atoms with van der Waals surface area (Å²) in [5, 5.41) is 5.55. The molecule has 0 spiro atoms. The van der Waals surface area contributed by atoms with Gasteiger partial charge in [-0.2, -0.15) is 0 Å². The first kappa shape index (κ1) is 14.3. The van der Waals surface area contributed by atoms with Crippen LogP contribution in [0.4, 0.5) is 4.79 Å². The Morgan fingerprint density at radius 1 is 1.33 bits per heavy atom. The van der Waals surface area contributed by atoms with Gasteiger partial charge >= 0.3 is 6.03 Å². The Kier molecular flexibility index (Phi) is 5.94. The molecule has 18 heavy (non-hydrogen) atoms. The summed E-state index contributed by atoms with van der Waals surface area (Å²) in [6.45, 7) is 4.60. The van der Waals surface area contributed by atoms with Crippen molar-refractivity contribution in [2.45, 2.75) is 6.04 Å². The Balaban J connectivity index is 2.54. The van der Waals surface area contributed by atoms with E-state index in [4.69, 9.17) is 0 Å². The van der Waals surface area contributed by atoms with Gasteiger partial charge in [0.05, 0.1) is 6.04 Å². The summed E-state index contributed by atoms with van der Waals surface area (Å²) in [5.41, 5.74) is 1.19. The number of rotatable bonds is 6. The van der Waals surface area contributed by atoms with Crippen LogP contribution in [0.25, 0.3) is 0 Å². The van der Waals surface area contributed by atoms with E-state index in [1.165, 1.54) is 5.56 Å². The predicted molar refractivity (Wildman–Crippen MR) is 74.5 cm³/mol. The number of nitrogens with one attached hydrogen (secondary N) is 2. The molecule has 0 fully saturated rings. The molecule has 0 saturated carbocycles. The number of likely N-dealkylation sites (N-methyl/N-ethyl adjacent to an activating group) is 1. The summed E-state index contributed by atoms with van der Waals surface area (Å²) in [7, 11) is 4.00. The standard InChI is InChI=1S/C14H21N3O/c1-4-10-15-14(18)16-11-13(17(2)3)12-8-6-5-7-9-12/h4-9,13H,1,10-11H2,2-3H3,(H2,15,16,18). The van der Waals surface area contributed by atoms with Crippen molar-refractivity contribution in [1.82, 2.24) is 15.5 Å². The van der Waals surface area contributed by atoms with Crippen molar-refractivity contribution in [3.8, 4) is 0 Å². The second-order valence-corrected chi connectivity index (χ2v) is 4.27. The Morgan fingerprint density at radius 3 is 2.56 bits per heavy atom. The van der Waals surface area contributed by atoms with E-state index in [9.17, 15) is 4.79 Å². The maximum atomic E-state index is 11.5. The maximum Gasteiger partial charge on any atom is 0.315 e. The average molecular weight is 247 g/mol. The second kappa shape index (κ2) is 7.50. The Morgan fingerprint density at radius 2 is 2.00 bits per heavy atom. The number of carbonyl (C=O) groups is 1. The molecule has 4 heteroatoms.